The van der Waals surface area contributed by atoms with Gasteiger partial charge in [0.15, 0.2) is 6.29 Å². The number of carbonyl (C=O) groups is 1. The minimum absolute atomic E-state index is 0.142. The average Bonchev–Trinajstić information content (AvgIpc) is 3.00. The second-order valence-corrected chi connectivity index (χ2v) is 12.3. The Kier molecular flexibility index (Phi) is 24.3. The molecule has 0 radical (unpaired) electrons. The summed E-state index contributed by atoms with van der Waals surface area (Å²) in [7, 11) is 0. The van der Waals surface area contributed by atoms with Crippen LogP contribution in [0.5, 0.6) is 0 Å². The number of allylic oxidation sites excluding steroid dienone is 2. The van der Waals surface area contributed by atoms with Crippen molar-refractivity contribution in [2.45, 2.75) is 185 Å². The SMILES string of the molecule is CCCCCCCC/C=C\CCCCCCCC(=O)NC(COC1OC(CO)C(O)C(O)C1O)C(O)CCCCCCC. The zero-order valence-electron chi connectivity index (χ0n) is 27.2. The van der Waals surface area contributed by atoms with Crippen molar-refractivity contribution < 1.29 is 39.8 Å². The largest absolute Gasteiger partial charge is 0.394 e. The Bertz CT molecular complexity index is 691. The van der Waals surface area contributed by atoms with Crippen molar-refractivity contribution in [2.24, 2.45) is 0 Å². The highest BCUT2D eigenvalue weighted by Gasteiger charge is 2.44. The molecular weight excluding hydrogens is 550 g/mol. The molecule has 9 heteroatoms. The van der Waals surface area contributed by atoms with Crippen molar-refractivity contribution in [3.63, 3.8) is 0 Å². The maximum Gasteiger partial charge on any atom is 0.220 e. The monoisotopic (exact) mass is 615 g/mol. The molecule has 0 saturated carbocycles. The van der Waals surface area contributed by atoms with Gasteiger partial charge in [0.2, 0.25) is 5.91 Å². The van der Waals surface area contributed by atoms with Crippen molar-refractivity contribution in [2.75, 3.05) is 13.2 Å². The molecule has 1 heterocycles. The van der Waals surface area contributed by atoms with Crippen molar-refractivity contribution in [3.8, 4) is 0 Å². The number of hydrogen-bond donors (Lipinski definition) is 6. The van der Waals surface area contributed by atoms with E-state index in [1.165, 1.54) is 51.4 Å². The quantitative estimate of drug-likeness (QED) is 0.0556. The Hall–Kier alpha value is -1.07. The van der Waals surface area contributed by atoms with E-state index < -0.39 is 49.5 Å². The molecule has 43 heavy (non-hydrogen) atoms. The molecule has 1 amide bonds. The average molecular weight is 616 g/mol. The van der Waals surface area contributed by atoms with Crippen LogP contribution >= 0.6 is 0 Å². The number of rotatable bonds is 27. The fraction of sp³-hybridized carbons (Fsp3) is 0.912. The summed E-state index contributed by atoms with van der Waals surface area (Å²) in [6.07, 6.45) is 18.3. The van der Waals surface area contributed by atoms with E-state index in [1.807, 2.05) is 0 Å². The highest BCUT2D eigenvalue weighted by molar-refractivity contribution is 5.76. The lowest BCUT2D eigenvalue weighted by atomic mass is 9.99. The van der Waals surface area contributed by atoms with Crippen LogP contribution in [0.1, 0.15) is 142 Å². The summed E-state index contributed by atoms with van der Waals surface area (Å²) in [4.78, 5) is 12.7. The Morgan fingerprint density at radius 1 is 0.767 bits per heavy atom. The maximum absolute atomic E-state index is 12.7. The van der Waals surface area contributed by atoms with E-state index in [1.54, 1.807) is 0 Å². The number of hydrogen-bond acceptors (Lipinski definition) is 8. The third-order valence-corrected chi connectivity index (χ3v) is 8.37. The maximum atomic E-state index is 12.7. The van der Waals surface area contributed by atoms with E-state index in [2.05, 4.69) is 31.3 Å². The van der Waals surface area contributed by atoms with Crippen LogP contribution in [0.15, 0.2) is 12.2 Å². The Morgan fingerprint density at radius 3 is 1.88 bits per heavy atom. The van der Waals surface area contributed by atoms with Crippen molar-refractivity contribution >= 4 is 5.91 Å². The second-order valence-electron chi connectivity index (χ2n) is 12.3. The first-order valence-corrected chi connectivity index (χ1v) is 17.4. The molecular formula is C34H65NO8. The van der Waals surface area contributed by atoms with Crippen LogP contribution in [0.4, 0.5) is 0 Å². The standard InChI is InChI=1S/C34H65NO8/c1-3-5-7-9-10-11-12-13-14-15-16-17-18-20-22-24-30(38)35-27(28(37)23-21-19-8-6-4-2)26-42-34-33(41)32(40)31(39)29(25-36)43-34/h13-14,27-29,31-34,36-37,39-41H,3-12,15-26H2,1-2H3,(H,35,38)/b14-13-. The number of aliphatic hydroxyl groups is 5. The van der Waals surface area contributed by atoms with E-state index in [0.717, 1.165) is 64.2 Å². The fourth-order valence-corrected chi connectivity index (χ4v) is 5.45. The van der Waals surface area contributed by atoms with Gasteiger partial charge in [0.05, 0.1) is 25.4 Å². The van der Waals surface area contributed by atoms with Gasteiger partial charge in [0, 0.05) is 6.42 Å². The summed E-state index contributed by atoms with van der Waals surface area (Å²) in [5.74, 6) is -0.162. The van der Waals surface area contributed by atoms with Gasteiger partial charge in [-0.2, -0.15) is 0 Å². The Morgan fingerprint density at radius 2 is 1.30 bits per heavy atom. The molecule has 0 spiro atoms. The zero-order valence-corrected chi connectivity index (χ0v) is 27.2. The van der Waals surface area contributed by atoms with Crippen LogP contribution in [-0.2, 0) is 14.3 Å². The van der Waals surface area contributed by atoms with Crippen LogP contribution in [0, 0.1) is 0 Å². The second kappa shape index (κ2) is 26.2. The number of carbonyl (C=O) groups excluding carboxylic acids is 1. The molecule has 6 N–H and O–H groups in total. The van der Waals surface area contributed by atoms with Gasteiger partial charge in [0.1, 0.15) is 24.4 Å². The molecule has 7 unspecified atom stereocenters. The van der Waals surface area contributed by atoms with Crippen LogP contribution < -0.4 is 5.32 Å². The van der Waals surface area contributed by atoms with Crippen molar-refractivity contribution in [3.05, 3.63) is 12.2 Å². The van der Waals surface area contributed by atoms with Crippen LogP contribution in [0.2, 0.25) is 0 Å². The molecule has 7 atom stereocenters. The molecule has 0 aromatic rings. The molecule has 0 aliphatic carbocycles. The van der Waals surface area contributed by atoms with Crippen LogP contribution in [-0.4, -0.2) is 87.5 Å². The normalized spacial score (nSPS) is 23.9. The van der Waals surface area contributed by atoms with Crippen molar-refractivity contribution in [1.82, 2.24) is 5.32 Å². The third-order valence-electron chi connectivity index (χ3n) is 8.37. The highest BCUT2D eigenvalue weighted by Crippen LogP contribution is 2.22. The molecule has 1 fully saturated rings. The lowest BCUT2D eigenvalue weighted by Crippen LogP contribution is -2.60. The summed E-state index contributed by atoms with van der Waals surface area (Å²) in [6, 6.07) is -0.714. The predicted octanol–water partition coefficient (Wildman–Crippen LogP) is 5.05. The number of nitrogens with one attached hydrogen (secondary N) is 1. The number of ether oxygens (including phenoxy) is 2. The molecule has 254 valence electrons. The van der Waals surface area contributed by atoms with Gasteiger partial charge in [-0.3, -0.25) is 4.79 Å². The lowest BCUT2D eigenvalue weighted by molar-refractivity contribution is -0.302. The first kappa shape index (κ1) is 40.0. The van der Waals surface area contributed by atoms with E-state index in [0.29, 0.717) is 12.8 Å². The van der Waals surface area contributed by atoms with Crippen LogP contribution in [0.3, 0.4) is 0 Å². The first-order chi connectivity index (χ1) is 20.8. The lowest BCUT2D eigenvalue weighted by Gasteiger charge is -2.40. The number of unbranched alkanes of at least 4 members (excludes halogenated alkanes) is 15. The van der Waals surface area contributed by atoms with Gasteiger partial charge in [-0.05, 0) is 38.5 Å². The summed E-state index contributed by atoms with van der Waals surface area (Å²) in [6.45, 7) is 3.70. The topological polar surface area (TPSA) is 149 Å². The number of aliphatic hydroxyl groups excluding tert-OH is 5. The minimum Gasteiger partial charge on any atom is -0.394 e. The van der Waals surface area contributed by atoms with E-state index in [-0.39, 0.29) is 12.5 Å². The summed E-state index contributed by atoms with van der Waals surface area (Å²) < 4.78 is 11.1. The van der Waals surface area contributed by atoms with Gasteiger partial charge in [0.25, 0.3) is 0 Å². The summed E-state index contributed by atoms with van der Waals surface area (Å²) >= 11 is 0. The molecule has 1 saturated heterocycles. The zero-order chi connectivity index (χ0) is 31.7. The predicted molar refractivity (Wildman–Crippen MR) is 170 cm³/mol. The van der Waals surface area contributed by atoms with Crippen LogP contribution in [0.25, 0.3) is 0 Å². The van der Waals surface area contributed by atoms with Gasteiger partial charge >= 0.3 is 0 Å². The van der Waals surface area contributed by atoms with E-state index in [4.69, 9.17) is 9.47 Å². The molecule has 1 aliphatic heterocycles. The minimum atomic E-state index is -1.55. The molecule has 0 aromatic heterocycles. The fourth-order valence-electron chi connectivity index (χ4n) is 5.45. The molecule has 1 aliphatic rings. The van der Waals surface area contributed by atoms with Gasteiger partial charge in [-0.25, -0.2) is 0 Å². The third kappa shape index (κ3) is 18.5. The molecule has 0 aromatic carbocycles. The molecule has 0 bridgehead atoms. The summed E-state index contributed by atoms with van der Waals surface area (Å²) in [5.41, 5.74) is 0. The van der Waals surface area contributed by atoms with E-state index >= 15 is 0 Å². The summed E-state index contributed by atoms with van der Waals surface area (Å²) in [5, 5.41) is 53.5. The highest BCUT2D eigenvalue weighted by atomic mass is 16.7. The molecule has 9 nitrogen and oxygen atoms in total. The molecule has 1 rings (SSSR count). The van der Waals surface area contributed by atoms with Gasteiger partial charge in [-0.15, -0.1) is 0 Å². The van der Waals surface area contributed by atoms with Gasteiger partial charge < -0.3 is 40.3 Å². The van der Waals surface area contributed by atoms with Gasteiger partial charge in [-0.1, -0.05) is 109 Å². The Labute approximate surface area is 261 Å². The van der Waals surface area contributed by atoms with E-state index in [9.17, 15) is 30.3 Å². The smallest absolute Gasteiger partial charge is 0.220 e. The first-order valence-electron chi connectivity index (χ1n) is 17.4. The number of amides is 1. The Balaban J connectivity index is 2.37. The van der Waals surface area contributed by atoms with Crippen molar-refractivity contribution in [1.29, 1.82) is 0 Å².